The zero-order valence-electron chi connectivity index (χ0n) is 12.4. The molecule has 1 aromatic rings. The Balaban J connectivity index is 2.05. The van der Waals surface area contributed by atoms with Gasteiger partial charge in [0.05, 0.1) is 6.61 Å². The van der Waals surface area contributed by atoms with Crippen molar-refractivity contribution in [3.8, 4) is 0 Å². The van der Waals surface area contributed by atoms with Crippen molar-refractivity contribution in [3.63, 3.8) is 0 Å². The van der Waals surface area contributed by atoms with Crippen molar-refractivity contribution in [2.45, 2.75) is 31.8 Å². The number of esters is 1. The van der Waals surface area contributed by atoms with Crippen LogP contribution in [-0.2, 0) is 16.1 Å². The van der Waals surface area contributed by atoms with Gasteiger partial charge in [-0.1, -0.05) is 30.3 Å². The van der Waals surface area contributed by atoms with Crippen molar-refractivity contribution in [2.24, 2.45) is 0 Å². The fourth-order valence-corrected chi connectivity index (χ4v) is 2.59. The van der Waals surface area contributed by atoms with Crippen LogP contribution in [0.5, 0.6) is 0 Å². The summed E-state index contributed by atoms with van der Waals surface area (Å²) in [5.74, 6) is -0.107. The van der Waals surface area contributed by atoms with Crippen molar-refractivity contribution < 1.29 is 9.53 Å². The Morgan fingerprint density at radius 3 is 2.55 bits per heavy atom. The van der Waals surface area contributed by atoms with E-state index >= 15 is 0 Å². The summed E-state index contributed by atoms with van der Waals surface area (Å²) in [4.78, 5) is 14.6. The number of likely N-dealkylation sites (tertiary alicyclic amines) is 1. The molecule has 2 rings (SSSR count). The van der Waals surface area contributed by atoms with Crippen LogP contribution in [-0.4, -0.2) is 43.2 Å². The van der Waals surface area contributed by atoms with E-state index in [0.717, 1.165) is 25.9 Å². The van der Waals surface area contributed by atoms with Crippen LogP contribution in [0.15, 0.2) is 30.3 Å². The molecule has 0 spiro atoms. The average Bonchev–Trinajstić information content (AvgIpc) is 2.48. The third kappa shape index (κ3) is 3.58. The number of hydrogen-bond acceptors (Lipinski definition) is 4. The maximum Gasteiger partial charge on any atom is 0.326 e. The summed E-state index contributed by atoms with van der Waals surface area (Å²) in [5, 5.41) is 3.46. The number of hydrogen-bond donors (Lipinski definition) is 1. The van der Waals surface area contributed by atoms with E-state index in [-0.39, 0.29) is 5.97 Å². The molecule has 0 aromatic heterocycles. The number of piperidine rings is 1. The Bertz CT molecular complexity index is 425. The number of carbonyl (C=O) groups excluding carboxylic acids is 1. The summed E-state index contributed by atoms with van der Waals surface area (Å²) in [6.45, 7) is 4.83. The SMILES string of the molecule is CCOC(=O)C1(NCc2ccccc2)CCN(C)CC1. The molecule has 0 radical (unpaired) electrons. The zero-order valence-corrected chi connectivity index (χ0v) is 12.4. The second kappa shape index (κ2) is 6.86. The van der Waals surface area contributed by atoms with Crippen molar-refractivity contribution in [1.29, 1.82) is 0 Å². The Hall–Kier alpha value is -1.39. The van der Waals surface area contributed by atoms with Crippen LogP contribution in [0.3, 0.4) is 0 Å². The highest BCUT2D eigenvalue weighted by Gasteiger charge is 2.41. The van der Waals surface area contributed by atoms with Gasteiger partial charge in [-0.15, -0.1) is 0 Å². The van der Waals surface area contributed by atoms with Gasteiger partial charge in [0.15, 0.2) is 0 Å². The van der Waals surface area contributed by atoms with Crippen molar-refractivity contribution in [3.05, 3.63) is 35.9 Å². The average molecular weight is 276 g/mol. The first-order valence-electron chi connectivity index (χ1n) is 7.31. The number of nitrogens with zero attached hydrogens (tertiary/aromatic N) is 1. The van der Waals surface area contributed by atoms with E-state index < -0.39 is 5.54 Å². The lowest BCUT2D eigenvalue weighted by atomic mass is 9.87. The number of benzene rings is 1. The van der Waals surface area contributed by atoms with Gasteiger partial charge in [-0.05, 0) is 32.4 Å². The molecule has 0 aliphatic carbocycles. The largest absolute Gasteiger partial charge is 0.465 e. The van der Waals surface area contributed by atoms with Crippen LogP contribution in [0.4, 0.5) is 0 Å². The van der Waals surface area contributed by atoms with E-state index in [0.29, 0.717) is 13.2 Å². The molecule has 1 aliphatic rings. The highest BCUT2D eigenvalue weighted by molar-refractivity contribution is 5.81. The molecule has 4 nitrogen and oxygen atoms in total. The molecule has 0 unspecified atom stereocenters. The van der Waals surface area contributed by atoms with E-state index in [9.17, 15) is 4.79 Å². The summed E-state index contributed by atoms with van der Waals surface area (Å²) in [6.07, 6.45) is 1.60. The van der Waals surface area contributed by atoms with Crippen LogP contribution >= 0.6 is 0 Å². The zero-order chi connectivity index (χ0) is 14.4. The normalized spacial score (nSPS) is 18.7. The standard InChI is InChI=1S/C16H24N2O2/c1-3-20-15(19)16(9-11-18(2)12-10-16)17-13-14-7-5-4-6-8-14/h4-8,17H,3,9-13H2,1-2H3. The Morgan fingerprint density at radius 1 is 1.30 bits per heavy atom. The van der Waals surface area contributed by atoms with E-state index in [1.807, 2.05) is 25.1 Å². The first kappa shape index (κ1) is 15.0. The van der Waals surface area contributed by atoms with Crippen LogP contribution < -0.4 is 5.32 Å². The molecule has 110 valence electrons. The third-order valence-corrected chi connectivity index (χ3v) is 3.98. The number of carbonyl (C=O) groups is 1. The smallest absolute Gasteiger partial charge is 0.326 e. The van der Waals surface area contributed by atoms with E-state index in [4.69, 9.17) is 4.74 Å². The predicted molar refractivity (Wildman–Crippen MR) is 79.4 cm³/mol. The quantitative estimate of drug-likeness (QED) is 0.833. The lowest BCUT2D eigenvalue weighted by Crippen LogP contribution is -2.58. The fraction of sp³-hybridized carbons (Fsp3) is 0.562. The second-order valence-electron chi connectivity index (χ2n) is 5.45. The minimum Gasteiger partial charge on any atom is -0.465 e. The van der Waals surface area contributed by atoms with Gasteiger partial charge in [0, 0.05) is 19.6 Å². The minimum absolute atomic E-state index is 0.107. The second-order valence-corrected chi connectivity index (χ2v) is 5.45. The molecule has 0 atom stereocenters. The van der Waals surface area contributed by atoms with Crippen LogP contribution in [0, 0.1) is 0 Å². The van der Waals surface area contributed by atoms with Crippen molar-refractivity contribution in [1.82, 2.24) is 10.2 Å². The third-order valence-electron chi connectivity index (χ3n) is 3.98. The van der Waals surface area contributed by atoms with Gasteiger partial charge in [-0.25, -0.2) is 0 Å². The molecule has 0 saturated carbocycles. The molecule has 1 aromatic carbocycles. The molecule has 1 N–H and O–H groups in total. The van der Waals surface area contributed by atoms with Gasteiger partial charge in [0.1, 0.15) is 5.54 Å². The van der Waals surface area contributed by atoms with Crippen LogP contribution in [0.1, 0.15) is 25.3 Å². The van der Waals surface area contributed by atoms with Crippen LogP contribution in [0.2, 0.25) is 0 Å². The highest BCUT2D eigenvalue weighted by atomic mass is 16.5. The van der Waals surface area contributed by atoms with E-state index in [2.05, 4.69) is 29.4 Å². The molecule has 20 heavy (non-hydrogen) atoms. The summed E-state index contributed by atoms with van der Waals surface area (Å²) in [5.41, 5.74) is 0.661. The van der Waals surface area contributed by atoms with Gasteiger partial charge in [0.2, 0.25) is 0 Å². The monoisotopic (exact) mass is 276 g/mol. The lowest BCUT2D eigenvalue weighted by Gasteiger charge is -2.39. The Kier molecular flexibility index (Phi) is 5.15. The predicted octanol–water partition coefficient (Wildman–Crippen LogP) is 1.80. The van der Waals surface area contributed by atoms with Crippen LogP contribution in [0.25, 0.3) is 0 Å². The van der Waals surface area contributed by atoms with Gasteiger partial charge in [0.25, 0.3) is 0 Å². The molecule has 1 aliphatic heterocycles. The minimum atomic E-state index is -0.529. The Morgan fingerprint density at radius 2 is 1.95 bits per heavy atom. The van der Waals surface area contributed by atoms with Gasteiger partial charge in [-0.2, -0.15) is 0 Å². The maximum absolute atomic E-state index is 12.3. The topological polar surface area (TPSA) is 41.6 Å². The molecule has 1 fully saturated rings. The highest BCUT2D eigenvalue weighted by Crippen LogP contribution is 2.24. The summed E-state index contributed by atoms with van der Waals surface area (Å²) < 4.78 is 5.29. The number of ether oxygens (including phenoxy) is 1. The van der Waals surface area contributed by atoms with E-state index in [1.54, 1.807) is 0 Å². The fourth-order valence-electron chi connectivity index (χ4n) is 2.59. The molecule has 1 saturated heterocycles. The maximum atomic E-state index is 12.3. The molecule has 0 bridgehead atoms. The number of rotatable bonds is 5. The van der Waals surface area contributed by atoms with Crippen molar-refractivity contribution >= 4 is 5.97 Å². The molecular formula is C16H24N2O2. The summed E-state index contributed by atoms with van der Waals surface area (Å²) >= 11 is 0. The molecular weight excluding hydrogens is 252 g/mol. The van der Waals surface area contributed by atoms with Crippen molar-refractivity contribution in [2.75, 3.05) is 26.7 Å². The molecule has 4 heteroatoms. The Labute approximate surface area is 121 Å². The molecule has 1 heterocycles. The molecule has 0 amide bonds. The first-order valence-corrected chi connectivity index (χ1v) is 7.31. The van der Waals surface area contributed by atoms with Gasteiger partial charge < -0.3 is 9.64 Å². The van der Waals surface area contributed by atoms with Gasteiger partial charge in [-0.3, -0.25) is 10.1 Å². The van der Waals surface area contributed by atoms with E-state index in [1.165, 1.54) is 5.56 Å². The summed E-state index contributed by atoms with van der Waals surface area (Å²) in [6, 6.07) is 10.2. The first-order chi connectivity index (χ1) is 9.66. The number of nitrogens with one attached hydrogen (secondary N) is 1. The van der Waals surface area contributed by atoms with Gasteiger partial charge >= 0.3 is 5.97 Å². The lowest BCUT2D eigenvalue weighted by molar-refractivity contribution is -0.153. The summed E-state index contributed by atoms with van der Waals surface area (Å²) in [7, 11) is 2.09.